The van der Waals surface area contributed by atoms with Crippen LogP contribution < -0.4 is 5.73 Å². The molecule has 4 rings (SSSR count). The molecule has 1 heterocycles. The highest BCUT2D eigenvalue weighted by atomic mass is 16.3. The molecule has 1 saturated carbocycles. The molecule has 6 heteroatoms. The summed E-state index contributed by atoms with van der Waals surface area (Å²) >= 11 is 0. The van der Waals surface area contributed by atoms with Crippen LogP contribution in [0.2, 0.25) is 0 Å². The zero-order valence-electron chi connectivity index (χ0n) is 18.9. The molecular weight excluding hydrogens is 400 g/mol. The van der Waals surface area contributed by atoms with Gasteiger partial charge in [0.1, 0.15) is 0 Å². The Hall–Kier alpha value is -2.86. The average Bonchev–Trinajstić information content (AvgIpc) is 3.39. The van der Waals surface area contributed by atoms with E-state index >= 15 is 0 Å². The lowest BCUT2D eigenvalue weighted by Crippen LogP contribution is -2.58. The summed E-state index contributed by atoms with van der Waals surface area (Å²) in [4.78, 5) is 22.0. The Kier molecular flexibility index (Phi) is 6.80. The lowest BCUT2D eigenvalue weighted by Gasteiger charge is -2.41. The van der Waals surface area contributed by atoms with Gasteiger partial charge in [0.25, 0.3) is 5.91 Å². The van der Waals surface area contributed by atoms with Crippen LogP contribution in [0.3, 0.4) is 0 Å². The number of nitrogens with zero attached hydrogens (tertiary/aromatic N) is 3. The molecule has 3 N–H and O–H groups in total. The summed E-state index contributed by atoms with van der Waals surface area (Å²) in [6.07, 6.45) is 3.90. The number of hydrogen-bond acceptors (Lipinski definition) is 3. The Morgan fingerprint density at radius 2 is 1.59 bits per heavy atom. The molecule has 0 spiro atoms. The number of amides is 1. The first-order valence-corrected chi connectivity index (χ1v) is 11.7. The minimum atomic E-state index is -1.45. The average molecular weight is 435 g/mol. The van der Waals surface area contributed by atoms with E-state index in [9.17, 15) is 9.90 Å². The molecule has 32 heavy (non-hydrogen) atoms. The maximum absolute atomic E-state index is 13.6. The number of piperazine rings is 1. The number of carbonyl (C=O) groups is 1. The van der Waals surface area contributed by atoms with Crippen molar-refractivity contribution in [3.05, 3.63) is 71.3 Å². The maximum Gasteiger partial charge on any atom is 0.259 e. The van der Waals surface area contributed by atoms with Gasteiger partial charge in [-0.1, -0.05) is 73.0 Å². The summed E-state index contributed by atoms with van der Waals surface area (Å²) < 4.78 is 0. The predicted molar refractivity (Wildman–Crippen MR) is 127 cm³/mol. The van der Waals surface area contributed by atoms with E-state index in [2.05, 4.69) is 36.2 Å². The van der Waals surface area contributed by atoms with Crippen molar-refractivity contribution in [2.75, 3.05) is 26.2 Å². The molecule has 170 valence electrons. The minimum absolute atomic E-state index is 0.0310. The van der Waals surface area contributed by atoms with Gasteiger partial charge in [-0.3, -0.25) is 4.79 Å². The summed E-state index contributed by atoms with van der Waals surface area (Å²) in [6, 6.07) is 17.7. The predicted octanol–water partition coefficient (Wildman–Crippen LogP) is 3.03. The highest BCUT2D eigenvalue weighted by molar-refractivity contribution is 5.87. The van der Waals surface area contributed by atoms with Gasteiger partial charge in [0.05, 0.1) is 6.54 Å². The quantitative estimate of drug-likeness (QED) is 0.560. The molecule has 0 aromatic heterocycles. The third-order valence-corrected chi connectivity index (χ3v) is 6.92. The number of rotatable bonds is 5. The Bertz CT molecular complexity index is 930. The van der Waals surface area contributed by atoms with E-state index in [1.54, 1.807) is 4.90 Å². The second-order valence-corrected chi connectivity index (χ2v) is 9.05. The van der Waals surface area contributed by atoms with Crippen molar-refractivity contribution in [3.8, 4) is 0 Å². The molecule has 1 atom stereocenters. The zero-order valence-corrected chi connectivity index (χ0v) is 18.9. The summed E-state index contributed by atoms with van der Waals surface area (Å²) in [5.41, 5.74) is 7.84. The molecule has 1 unspecified atom stereocenters. The number of aliphatic imine (C=N–C) groups is 1. The fourth-order valence-corrected chi connectivity index (χ4v) is 4.92. The van der Waals surface area contributed by atoms with Crippen molar-refractivity contribution in [2.45, 2.75) is 44.8 Å². The van der Waals surface area contributed by atoms with Crippen molar-refractivity contribution in [2.24, 2.45) is 16.6 Å². The molecule has 0 bridgehead atoms. The first-order chi connectivity index (χ1) is 15.5. The molecule has 2 aromatic rings. The number of guanidine groups is 1. The molecule has 1 amide bonds. The van der Waals surface area contributed by atoms with Crippen LogP contribution in [0.4, 0.5) is 0 Å². The molecule has 0 radical (unpaired) electrons. The van der Waals surface area contributed by atoms with Crippen LogP contribution in [0.15, 0.2) is 59.6 Å². The Morgan fingerprint density at radius 1 is 1.00 bits per heavy atom. The first-order valence-electron chi connectivity index (χ1n) is 11.7. The molecule has 2 aromatic carbocycles. The standard InChI is InChI=1S/C26H34N4O2/c1-20-11-13-21(14-12-20)19-28-25(27)30-17-15-29(16-18-30)24(31)26(32,23-9-5-6-10-23)22-7-3-2-4-8-22/h2-4,7-8,11-14,23,32H,5-6,9-10,15-19H2,1H3,(H2,27,28). The van der Waals surface area contributed by atoms with E-state index in [0.717, 1.165) is 31.2 Å². The summed E-state index contributed by atoms with van der Waals surface area (Å²) in [6.45, 7) is 4.90. The number of hydrogen-bond donors (Lipinski definition) is 2. The zero-order chi connectivity index (χ0) is 22.6. The Morgan fingerprint density at radius 3 is 2.22 bits per heavy atom. The topological polar surface area (TPSA) is 82.2 Å². The second kappa shape index (κ2) is 9.74. The SMILES string of the molecule is Cc1ccc(CN=C(N)N2CCN(C(=O)C(O)(c3ccccc3)C3CCCC3)CC2)cc1. The Balaban J connectivity index is 1.41. The number of carbonyl (C=O) groups excluding carboxylic acids is 1. The monoisotopic (exact) mass is 434 g/mol. The number of nitrogens with two attached hydrogens (primary N) is 1. The van der Waals surface area contributed by atoms with Crippen LogP contribution in [0.1, 0.15) is 42.4 Å². The van der Waals surface area contributed by atoms with E-state index in [4.69, 9.17) is 5.73 Å². The van der Waals surface area contributed by atoms with Gasteiger partial charge in [-0.2, -0.15) is 0 Å². The van der Waals surface area contributed by atoms with Gasteiger partial charge in [-0.05, 0) is 30.9 Å². The van der Waals surface area contributed by atoms with Crippen LogP contribution in [0.25, 0.3) is 0 Å². The highest BCUT2D eigenvalue weighted by Gasteiger charge is 2.48. The van der Waals surface area contributed by atoms with Crippen LogP contribution in [0, 0.1) is 12.8 Å². The smallest absolute Gasteiger partial charge is 0.259 e. The van der Waals surface area contributed by atoms with Crippen LogP contribution >= 0.6 is 0 Å². The maximum atomic E-state index is 13.6. The van der Waals surface area contributed by atoms with Gasteiger partial charge in [0, 0.05) is 32.1 Å². The lowest BCUT2D eigenvalue weighted by molar-refractivity contribution is -0.160. The van der Waals surface area contributed by atoms with E-state index in [1.807, 2.05) is 35.2 Å². The highest BCUT2D eigenvalue weighted by Crippen LogP contribution is 2.42. The second-order valence-electron chi connectivity index (χ2n) is 9.05. The summed E-state index contributed by atoms with van der Waals surface area (Å²) in [5.74, 6) is 0.300. The van der Waals surface area contributed by atoms with Gasteiger partial charge in [0.2, 0.25) is 0 Å². The van der Waals surface area contributed by atoms with Gasteiger partial charge in [-0.15, -0.1) is 0 Å². The molecule has 1 aliphatic carbocycles. The molecule has 1 aliphatic heterocycles. The fourth-order valence-electron chi connectivity index (χ4n) is 4.92. The lowest BCUT2D eigenvalue weighted by atomic mass is 9.79. The fraction of sp³-hybridized carbons (Fsp3) is 0.462. The van der Waals surface area contributed by atoms with Gasteiger partial charge >= 0.3 is 0 Å². The van der Waals surface area contributed by atoms with Crippen molar-refractivity contribution >= 4 is 11.9 Å². The summed E-state index contributed by atoms with van der Waals surface area (Å²) in [7, 11) is 0. The minimum Gasteiger partial charge on any atom is -0.375 e. The van der Waals surface area contributed by atoms with E-state index in [1.165, 1.54) is 5.56 Å². The van der Waals surface area contributed by atoms with Crippen molar-refractivity contribution in [3.63, 3.8) is 0 Å². The largest absolute Gasteiger partial charge is 0.375 e. The molecule has 2 aliphatic rings. The third-order valence-electron chi connectivity index (χ3n) is 6.92. The van der Waals surface area contributed by atoms with Crippen molar-refractivity contribution in [1.82, 2.24) is 9.80 Å². The van der Waals surface area contributed by atoms with E-state index in [-0.39, 0.29) is 11.8 Å². The normalized spacial score (nSPS) is 19.8. The van der Waals surface area contributed by atoms with E-state index < -0.39 is 5.60 Å². The summed E-state index contributed by atoms with van der Waals surface area (Å²) in [5, 5.41) is 11.8. The number of benzene rings is 2. The van der Waals surface area contributed by atoms with Gasteiger partial charge in [0.15, 0.2) is 11.6 Å². The molecular formula is C26H34N4O2. The Labute approximate surface area is 190 Å². The third kappa shape index (κ3) is 4.65. The molecule has 6 nitrogen and oxygen atoms in total. The van der Waals surface area contributed by atoms with Crippen LogP contribution in [-0.2, 0) is 16.9 Å². The molecule has 1 saturated heterocycles. The van der Waals surface area contributed by atoms with Gasteiger partial charge in [-0.25, -0.2) is 4.99 Å². The van der Waals surface area contributed by atoms with Crippen LogP contribution in [-0.4, -0.2) is 53.0 Å². The molecule has 2 fully saturated rings. The number of aryl methyl sites for hydroxylation is 1. The number of aliphatic hydroxyl groups is 1. The van der Waals surface area contributed by atoms with Crippen molar-refractivity contribution < 1.29 is 9.90 Å². The first kappa shape index (κ1) is 22.3. The van der Waals surface area contributed by atoms with Crippen molar-refractivity contribution in [1.29, 1.82) is 0 Å². The van der Waals surface area contributed by atoms with E-state index in [0.29, 0.717) is 44.2 Å². The van der Waals surface area contributed by atoms with Gasteiger partial charge < -0.3 is 20.6 Å². The van der Waals surface area contributed by atoms with Crippen LogP contribution in [0.5, 0.6) is 0 Å².